The molecule has 0 N–H and O–H groups in total. The van der Waals surface area contributed by atoms with Gasteiger partial charge < -0.3 is 14.5 Å². The van der Waals surface area contributed by atoms with Crippen LogP contribution >= 0.6 is 11.8 Å². The van der Waals surface area contributed by atoms with E-state index in [1.54, 1.807) is 9.80 Å². The first-order chi connectivity index (χ1) is 12.1. The van der Waals surface area contributed by atoms with Crippen molar-refractivity contribution in [2.24, 2.45) is 0 Å². The van der Waals surface area contributed by atoms with E-state index in [2.05, 4.69) is 0 Å². The number of ether oxygens (including phenoxy) is 1. The molecule has 0 aliphatic carbocycles. The molecule has 25 heavy (non-hydrogen) atoms. The summed E-state index contributed by atoms with van der Waals surface area (Å²) in [6.45, 7) is 1.81. The van der Waals surface area contributed by atoms with Crippen molar-refractivity contribution in [3.05, 3.63) is 29.8 Å². The van der Waals surface area contributed by atoms with E-state index in [1.165, 1.54) is 18.9 Å². The quantitative estimate of drug-likeness (QED) is 0.759. The Kier molecular flexibility index (Phi) is 5.63. The smallest absolute Gasteiger partial charge is 0.320 e. The van der Waals surface area contributed by atoms with Gasteiger partial charge in [0.25, 0.3) is 0 Å². The monoisotopic (exact) mass is 362 g/mol. The van der Waals surface area contributed by atoms with Crippen molar-refractivity contribution in [3.63, 3.8) is 0 Å². The summed E-state index contributed by atoms with van der Waals surface area (Å²) >= 11 is 1.53. The van der Waals surface area contributed by atoms with Crippen LogP contribution in [0.2, 0.25) is 0 Å². The van der Waals surface area contributed by atoms with Gasteiger partial charge >= 0.3 is 5.97 Å². The van der Waals surface area contributed by atoms with E-state index in [4.69, 9.17) is 4.74 Å². The van der Waals surface area contributed by atoms with Crippen LogP contribution < -0.4 is 4.90 Å². The normalized spacial score (nSPS) is 20.7. The molecule has 6 nitrogen and oxygen atoms in total. The Morgan fingerprint density at radius 3 is 2.64 bits per heavy atom. The zero-order valence-corrected chi connectivity index (χ0v) is 15.1. The molecule has 0 aromatic heterocycles. The Labute approximate surface area is 151 Å². The molecule has 134 valence electrons. The number of rotatable bonds is 4. The molecule has 2 amide bonds. The molecular formula is C18H22N2O4S. The van der Waals surface area contributed by atoms with E-state index in [-0.39, 0.29) is 23.0 Å². The molecule has 0 spiro atoms. The molecule has 0 unspecified atom stereocenters. The SMILES string of the molecule is COC(=O)[C@@H]1CN(C(=O)Cc2ccc(N3CCCC3=O)cc2)CCS1. The van der Waals surface area contributed by atoms with Crippen molar-refractivity contribution in [3.8, 4) is 0 Å². The Bertz CT molecular complexity index is 662. The summed E-state index contributed by atoms with van der Waals surface area (Å²) in [6.07, 6.45) is 1.80. The Morgan fingerprint density at radius 1 is 1.24 bits per heavy atom. The average molecular weight is 362 g/mol. The summed E-state index contributed by atoms with van der Waals surface area (Å²) in [7, 11) is 1.37. The van der Waals surface area contributed by atoms with Gasteiger partial charge in [0.15, 0.2) is 0 Å². The highest BCUT2D eigenvalue weighted by molar-refractivity contribution is 8.00. The summed E-state index contributed by atoms with van der Waals surface area (Å²) in [5, 5.41) is -0.300. The minimum Gasteiger partial charge on any atom is -0.468 e. The maximum absolute atomic E-state index is 12.5. The number of hydrogen-bond donors (Lipinski definition) is 0. The lowest BCUT2D eigenvalue weighted by molar-refractivity contribution is -0.141. The number of thioether (sulfide) groups is 1. The third-order valence-electron chi connectivity index (χ3n) is 4.56. The third-order valence-corrected chi connectivity index (χ3v) is 5.72. The van der Waals surface area contributed by atoms with Gasteiger partial charge in [0.2, 0.25) is 11.8 Å². The second-order valence-electron chi connectivity index (χ2n) is 6.21. The number of benzene rings is 1. The molecule has 2 aliphatic rings. The number of carbonyl (C=O) groups excluding carboxylic acids is 3. The molecule has 2 saturated heterocycles. The lowest BCUT2D eigenvalue weighted by Gasteiger charge is -2.31. The Morgan fingerprint density at radius 2 is 2.00 bits per heavy atom. The van der Waals surface area contributed by atoms with Crippen molar-refractivity contribution in [1.29, 1.82) is 0 Å². The second kappa shape index (κ2) is 7.91. The zero-order valence-electron chi connectivity index (χ0n) is 14.3. The zero-order chi connectivity index (χ0) is 17.8. The summed E-state index contributed by atoms with van der Waals surface area (Å²) in [4.78, 5) is 39.5. The number of esters is 1. The van der Waals surface area contributed by atoms with E-state index in [0.29, 0.717) is 25.9 Å². The molecule has 0 radical (unpaired) electrons. The molecule has 0 bridgehead atoms. The van der Waals surface area contributed by atoms with Crippen molar-refractivity contribution in [2.75, 3.05) is 37.4 Å². The Balaban J connectivity index is 1.59. The first kappa shape index (κ1) is 17.8. The molecule has 2 heterocycles. The van der Waals surface area contributed by atoms with E-state index in [1.807, 2.05) is 24.3 Å². The van der Waals surface area contributed by atoms with Crippen molar-refractivity contribution in [2.45, 2.75) is 24.5 Å². The number of methoxy groups -OCH3 is 1. The molecule has 2 aliphatic heterocycles. The minimum absolute atomic E-state index is 0.0131. The topological polar surface area (TPSA) is 66.9 Å². The number of amides is 2. The van der Waals surface area contributed by atoms with E-state index in [9.17, 15) is 14.4 Å². The first-order valence-corrected chi connectivity index (χ1v) is 9.50. The van der Waals surface area contributed by atoms with Crippen molar-refractivity contribution in [1.82, 2.24) is 4.90 Å². The molecule has 7 heteroatoms. The lowest BCUT2D eigenvalue weighted by atomic mass is 10.1. The van der Waals surface area contributed by atoms with Crippen LogP contribution in [0.5, 0.6) is 0 Å². The molecule has 0 saturated carbocycles. The number of hydrogen-bond acceptors (Lipinski definition) is 5. The van der Waals surface area contributed by atoms with Gasteiger partial charge in [0.05, 0.1) is 13.5 Å². The molecule has 2 fully saturated rings. The third kappa shape index (κ3) is 4.15. The van der Waals surface area contributed by atoms with Gasteiger partial charge in [-0.15, -0.1) is 11.8 Å². The maximum atomic E-state index is 12.5. The highest BCUT2D eigenvalue weighted by Gasteiger charge is 2.29. The highest BCUT2D eigenvalue weighted by atomic mass is 32.2. The summed E-state index contributed by atoms with van der Waals surface area (Å²) in [6, 6.07) is 7.59. The highest BCUT2D eigenvalue weighted by Crippen LogP contribution is 2.23. The number of carbonyl (C=O) groups is 3. The molecule has 1 aromatic rings. The summed E-state index contributed by atoms with van der Waals surface area (Å²) in [5.74, 6) is 0.631. The summed E-state index contributed by atoms with van der Waals surface area (Å²) in [5.41, 5.74) is 1.80. The van der Waals surface area contributed by atoms with Gasteiger partial charge in [-0.05, 0) is 24.1 Å². The predicted molar refractivity (Wildman–Crippen MR) is 96.6 cm³/mol. The molecule has 1 aromatic carbocycles. The number of nitrogens with zero attached hydrogens (tertiary/aromatic N) is 2. The van der Waals surface area contributed by atoms with Gasteiger partial charge in [0, 0.05) is 37.5 Å². The van der Waals surface area contributed by atoms with E-state index in [0.717, 1.165) is 30.0 Å². The average Bonchev–Trinajstić information content (AvgIpc) is 3.07. The molecule has 1 atom stereocenters. The van der Waals surface area contributed by atoms with Gasteiger partial charge in [-0.25, -0.2) is 0 Å². The van der Waals surface area contributed by atoms with Gasteiger partial charge in [-0.2, -0.15) is 0 Å². The van der Waals surface area contributed by atoms with Crippen LogP contribution in [0.3, 0.4) is 0 Å². The van der Waals surface area contributed by atoms with Gasteiger partial charge in [0.1, 0.15) is 5.25 Å². The van der Waals surface area contributed by atoms with Gasteiger partial charge in [-0.3, -0.25) is 14.4 Å². The number of anilines is 1. The Hall–Kier alpha value is -2.02. The van der Waals surface area contributed by atoms with E-state index >= 15 is 0 Å². The van der Waals surface area contributed by atoms with Crippen LogP contribution in [0.4, 0.5) is 5.69 Å². The van der Waals surface area contributed by atoms with Crippen LogP contribution in [0.15, 0.2) is 24.3 Å². The van der Waals surface area contributed by atoms with Crippen LogP contribution in [0, 0.1) is 0 Å². The standard InChI is InChI=1S/C18H22N2O4S/c1-24-18(23)15-12-19(9-10-25-15)17(22)11-13-4-6-14(7-5-13)20-8-2-3-16(20)21/h4-7,15H,2-3,8-12H2,1H3/t15-/m0/s1. The predicted octanol–water partition coefficient (Wildman–Crippen LogP) is 1.47. The molecule has 3 rings (SSSR count). The lowest BCUT2D eigenvalue weighted by Crippen LogP contribution is -2.45. The van der Waals surface area contributed by atoms with E-state index < -0.39 is 0 Å². The first-order valence-electron chi connectivity index (χ1n) is 8.45. The fourth-order valence-electron chi connectivity index (χ4n) is 3.15. The van der Waals surface area contributed by atoms with Crippen LogP contribution in [0.25, 0.3) is 0 Å². The van der Waals surface area contributed by atoms with Crippen molar-refractivity contribution < 1.29 is 19.1 Å². The summed E-state index contributed by atoms with van der Waals surface area (Å²) < 4.78 is 4.78. The fourth-order valence-corrected chi connectivity index (χ4v) is 4.28. The van der Waals surface area contributed by atoms with Crippen molar-refractivity contribution >= 4 is 35.2 Å². The van der Waals surface area contributed by atoms with Crippen LogP contribution in [-0.4, -0.2) is 60.4 Å². The largest absolute Gasteiger partial charge is 0.468 e. The molecular weight excluding hydrogens is 340 g/mol. The minimum atomic E-state index is -0.300. The maximum Gasteiger partial charge on any atom is 0.320 e. The van der Waals surface area contributed by atoms with Crippen LogP contribution in [-0.2, 0) is 25.5 Å². The van der Waals surface area contributed by atoms with Gasteiger partial charge in [-0.1, -0.05) is 12.1 Å². The second-order valence-corrected chi connectivity index (χ2v) is 7.53. The van der Waals surface area contributed by atoms with Crippen LogP contribution in [0.1, 0.15) is 18.4 Å². The fraction of sp³-hybridized carbons (Fsp3) is 0.500.